The van der Waals surface area contributed by atoms with Crippen LogP contribution in [-0.2, 0) is 11.3 Å². The molecule has 0 N–H and O–H groups in total. The molecule has 1 atom stereocenters. The van der Waals surface area contributed by atoms with Gasteiger partial charge < -0.3 is 9.80 Å². The van der Waals surface area contributed by atoms with Crippen molar-refractivity contribution in [3.8, 4) is 0 Å². The van der Waals surface area contributed by atoms with Gasteiger partial charge >= 0.3 is 0 Å². The first-order valence-corrected chi connectivity index (χ1v) is 8.08. The molecule has 1 amide bonds. The number of carbonyl (C=O) groups excluding carboxylic acids is 1. The largest absolute Gasteiger partial charge is 0.342 e. The van der Waals surface area contributed by atoms with E-state index in [9.17, 15) is 4.79 Å². The van der Waals surface area contributed by atoms with E-state index >= 15 is 0 Å². The van der Waals surface area contributed by atoms with Crippen molar-refractivity contribution in [1.82, 2.24) is 19.6 Å². The van der Waals surface area contributed by atoms with Crippen molar-refractivity contribution >= 4 is 17.5 Å². The molecule has 0 bridgehead atoms. The zero-order valence-corrected chi connectivity index (χ0v) is 13.3. The van der Waals surface area contributed by atoms with Crippen molar-refractivity contribution in [2.45, 2.75) is 32.2 Å². The molecule has 1 aromatic heterocycles. The highest BCUT2D eigenvalue weighted by atomic mass is 35.5. The van der Waals surface area contributed by atoms with E-state index in [1.54, 1.807) is 17.1 Å². The Morgan fingerprint density at radius 3 is 2.95 bits per heavy atom. The van der Waals surface area contributed by atoms with Crippen LogP contribution < -0.4 is 0 Å². The average Bonchev–Trinajstić information content (AvgIpc) is 3.03. The number of aromatic nitrogens is 2. The molecule has 1 spiro atoms. The Bertz CT molecular complexity index is 518. The van der Waals surface area contributed by atoms with Crippen LogP contribution in [0.3, 0.4) is 0 Å². The highest BCUT2D eigenvalue weighted by Gasteiger charge is 2.41. The van der Waals surface area contributed by atoms with Crippen molar-refractivity contribution in [3.05, 3.63) is 17.4 Å². The van der Waals surface area contributed by atoms with E-state index in [-0.39, 0.29) is 5.91 Å². The maximum atomic E-state index is 12.4. The molecule has 0 aliphatic carbocycles. The van der Waals surface area contributed by atoms with Gasteiger partial charge in [-0.3, -0.25) is 9.48 Å². The van der Waals surface area contributed by atoms with Gasteiger partial charge in [-0.2, -0.15) is 5.10 Å². The van der Waals surface area contributed by atoms with Gasteiger partial charge in [0.2, 0.25) is 5.91 Å². The molecular weight excluding hydrogens is 288 g/mol. The molecule has 5 nitrogen and oxygen atoms in total. The lowest BCUT2D eigenvalue weighted by atomic mass is 9.79. The third kappa shape index (κ3) is 3.40. The van der Waals surface area contributed by atoms with Gasteiger partial charge in [0.25, 0.3) is 0 Å². The third-order valence-electron chi connectivity index (χ3n) is 4.80. The van der Waals surface area contributed by atoms with Crippen LogP contribution >= 0.6 is 11.6 Å². The second kappa shape index (κ2) is 5.97. The number of nitrogens with zero attached hydrogens (tertiary/aromatic N) is 4. The van der Waals surface area contributed by atoms with Gasteiger partial charge in [0.1, 0.15) is 0 Å². The summed E-state index contributed by atoms with van der Waals surface area (Å²) in [5.41, 5.74) is 0.345. The smallest absolute Gasteiger partial charge is 0.224 e. The summed E-state index contributed by atoms with van der Waals surface area (Å²) in [6.45, 7) is 4.76. The lowest BCUT2D eigenvalue weighted by Gasteiger charge is -2.38. The number of likely N-dealkylation sites (tertiary alicyclic amines) is 2. The van der Waals surface area contributed by atoms with Crippen molar-refractivity contribution in [2.75, 3.05) is 33.2 Å². The molecule has 21 heavy (non-hydrogen) atoms. The van der Waals surface area contributed by atoms with E-state index in [1.807, 2.05) is 4.90 Å². The SMILES string of the molecule is CN1CCC[C@@]2(CCN(C(=O)CCn3cc(Cl)cn3)C2)C1. The van der Waals surface area contributed by atoms with Crippen LogP contribution in [0.5, 0.6) is 0 Å². The molecule has 3 heterocycles. The van der Waals surface area contributed by atoms with Crippen molar-refractivity contribution in [1.29, 1.82) is 0 Å². The molecular formula is C15H23ClN4O. The maximum Gasteiger partial charge on any atom is 0.224 e. The second-order valence-electron chi connectivity index (χ2n) is 6.58. The van der Waals surface area contributed by atoms with Crippen LogP contribution in [0.15, 0.2) is 12.4 Å². The minimum atomic E-state index is 0.242. The fourth-order valence-electron chi connectivity index (χ4n) is 3.76. The minimum absolute atomic E-state index is 0.242. The van der Waals surface area contributed by atoms with Gasteiger partial charge in [0.15, 0.2) is 0 Å². The van der Waals surface area contributed by atoms with Crippen molar-refractivity contribution < 1.29 is 4.79 Å². The number of hydrogen-bond acceptors (Lipinski definition) is 3. The highest BCUT2D eigenvalue weighted by molar-refractivity contribution is 6.30. The zero-order valence-electron chi connectivity index (χ0n) is 12.6. The summed E-state index contributed by atoms with van der Waals surface area (Å²) in [5.74, 6) is 0.242. The first-order valence-electron chi connectivity index (χ1n) is 7.71. The lowest BCUT2D eigenvalue weighted by Crippen LogP contribution is -2.43. The standard InChI is InChI=1S/C15H23ClN4O/c1-18-6-2-4-15(11-18)5-8-19(12-15)14(21)3-7-20-10-13(16)9-17-20/h9-10H,2-8,11-12H2,1H3/t15-/m1/s1. The molecule has 0 saturated carbocycles. The highest BCUT2D eigenvalue weighted by Crippen LogP contribution is 2.38. The summed E-state index contributed by atoms with van der Waals surface area (Å²) in [7, 11) is 2.19. The first kappa shape index (κ1) is 14.9. The first-order chi connectivity index (χ1) is 10.1. The van der Waals surface area contributed by atoms with E-state index in [1.165, 1.54) is 19.4 Å². The molecule has 6 heteroatoms. The summed E-state index contributed by atoms with van der Waals surface area (Å²) in [6, 6.07) is 0. The molecule has 0 radical (unpaired) electrons. The van der Waals surface area contributed by atoms with Crippen LogP contribution in [0.1, 0.15) is 25.7 Å². The molecule has 2 aliphatic rings. The Balaban J connectivity index is 1.52. The molecule has 0 unspecified atom stereocenters. The minimum Gasteiger partial charge on any atom is -0.342 e. The van der Waals surface area contributed by atoms with Gasteiger partial charge in [-0.25, -0.2) is 0 Å². The van der Waals surface area contributed by atoms with Crippen LogP contribution in [0.25, 0.3) is 0 Å². The van der Waals surface area contributed by atoms with E-state index in [4.69, 9.17) is 11.6 Å². The normalized spacial score (nSPS) is 26.7. The molecule has 3 rings (SSSR count). The predicted octanol–water partition coefficient (Wildman–Crippen LogP) is 1.87. The Morgan fingerprint density at radius 1 is 1.38 bits per heavy atom. The van der Waals surface area contributed by atoms with E-state index in [0.29, 0.717) is 23.4 Å². The topological polar surface area (TPSA) is 41.4 Å². The quantitative estimate of drug-likeness (QED) is 0.856. The fraction of sp³-hybridized carbons (Fsp3) is 0.733. The third-order valence-corrected chi connectivity index (χ3v) is 4.99. The van der Waals surface area contributed by atoms with Gasteiger partial charge in [-0.15, -0.1) is 0 Å². The Morgan fingerprint density at radius 2 is 2.24 bits per heavy atom. The summed E-state index contributed by atoms with van der Waals surface area (Å²) < 4.78 is 1.74. The molecule has 1 aromatic rings. The Hall–Kier alpha value is -1.07. The predicted molar refractivity (Wildman–Crippen MR) is 82.2 cm³/mol. The molecule has 0 aromatic carbocycles. The van der Waals surface area contributed by atoms with Gasteiger partial charge in [0, 0.05) is 44.2 Å². The summed E-state index contributed by atoms with van der Waals surface area (Å²) >= 11 is 5.83. The molecule has 2 fully saturated rings. The van der Waals surface area contributed by atoms with Crippen LogP contribution in [0.2, 0.25) is 5.02 Å². The van der Waals surface area contributed by atoms with Crippen LogP contribution in [0, 0.1) is 5.41 Å². The van der Waals surface area contributed by atoms with E-state index < -0.39 is 0 Å². The number of hydrogen-bond donors (Lipinski definition) is 0. The Kier molecular flexibility index (Phi) is 4.22. The fourth-order valence-corrected chi connectivity index (χ4v) is 3.92. The zero-order chi connectivity index (χ0) is 14.9. The van der Waals surface area contributed by atoms with Crippen LogP contribution in [-0.4, -0.2) is 58.7 Å². The monoisotopic (exact) mass is 310 g/mol. The maximum absolute atomic E-state index is 12.4. The Labute approximate surface area is 130 Å². The number of rotatable bonds is 3. The van der Waals surface area contributed by atoms with Crippen molar-refractivity contribution in [3.63, 3.8) is 0 Å². The number of halogens is 1. The number of piperidine rings is 1. The molecule has 116 valence electrons. The summed E-state index contributed by atoms with van der Waals surface area (Å²) in [5, 5.41) is 4.73. The second-order valence-corrected chi connectivity index (χ2v) is 7.01. The summed E-state index contributed by atoms with van der Waals surface area (Å²) in [4.78, 5) is 16.8. The van der Waals surface area contributed by atoms with Crippen LogP contribution in [0.4, 0.5) is 0 Å². The van der Waals surface area contributed by atoms with E-state index in [2.05, 4.69) is 17.0 Å². The van der Waals surface area contributed by atoms with E-state index in [0.717, 1.165) is 26.1 Å². The van der Waals surface area contributed by atoms with Gasteiger partial charge in [0.05, 0.1) is 11.2 Å². The van der Waals surface area contributed by atoms with Crippen molar-refractivity contribution in [2.24, 2.45) is 5.41 Å². The molecule has 2 aliphatic heterocycles. The average molecular weight is 311 g/mol. The van der Waals surface area contributed by atoms with Gasteiger partial charge in [-0.1, -0.05) is 11.6 Å². The number of amides is 1. The van der Waals surface area contributed by atoms with Gasteiger partial charge in [-0.05, 0) is 32.9 Å². The number of carbonyl (C=O) groups is 1. The lowest BCUT2D eigenvalue weighted by molar-refractivity contribution is -0.131. The summed E-state index contributed by atoms with van der Waals surface area (Å²) in [6.07, 6.45) is 7.53. The number of aryl methyl sites for hydroxylation is 1. The molecule has 2 saturated heterocycles.